The zero-order valence-corrected chi connectivity index (χ0v) is 19.0. The summed E-state index contributed by atoms with van der Waals surface area (Å²) in [7, 11) is 1.64. The van der Waals surface area contributed by atoms with Gasteiger partial charge < -0.3 is 25.8 Å². The number of aliphatic imine (C=N–C) groups is 1. The van der Waals surface area contributed by atoms with Gasteiger partial charge in [0.2, 0.25) is 5.91 Å². The van der Waals surface area contributed by atoms with Gasteiger partial charge in [-0.05, 0) is 36.2 Å². The molecule has 0 bridgehead atoms. The molecule has 1 aliphatic rings. The summed E-state index contributed by atoms with van der Waals surface area (Å²) in [6.45, 7) is 1.52. The quantitative estimate of drug-likeness (QED) is 0.305. The van der Waals surface area contributed by atoms with Crippen LogP contribution in [-0.4, -0.2) is 38.7 Å². The minimum absolute atomic E-state index is 0. The lowest BCUT2D eigenvalue weighted by atomic mass is 9.98. The molecule has 30 heavy (non-hydrogen) atoms. The van der Waals surface area contributed by atoms with Gasteiger partial charge in [0.25, 0.3) is 0 Å². The third-order valence-electron chi connectivity index (χ3n) is 4.55. The number of ether oxygens (including phenoxy) is 2. The van der Waals surface area contributed by atoms with Crippen LogP contribution in [-0.2, 0) is 11.2 Å². The first-order chi connectivity index (χ1) is 14.0. The Morgan fingerprint density at radius 2 is 1.87 bits per heavy atom. The highest BCUT2D eigenvalue weighted by Gasteiger charge is 2.17. The van der Waals surface area contributed by atoms with Crippen LogP contribution in [0.4, 0.5) is 10.1 Å². The number of nitrogens with one attached hydrogen (secondary N) is 2. The third kappa shape index (κ3) is 6.75. The number of carbonyl (C=O) groups excluding carboxylic acids is 1. The van der Waals surface area contributed by atoms with Crippen molar-refractivity contribution in [1.29, 1.82) is 0 Å². The number of nitrogens with two attached hydrogens (primary N) is 1. The lowest BCUT2D eigenvalue weighted by Gasteiger charge is -2.18. The van der Waals surface area contributed by atoms with Gasteiger partial charge in [0.15, 0.2) is 17.5 Å². The molecular weight excluding hydrogens is 502 g/mol. The van der Waals surface area contributed by atoms with Gasteiger partial charge in [0.1, 0.15) is 5.82 Å². The number of amides is 1. The number of carbonyl (C=O) groups is 1. The van der Waals surface area contributed by atoms with Crippen LogP contribution < -0.4 is 25.8 Å². The van der Waals surface area contributed by atoms with E-state index < -0.39 is 11.8 Å². The average molecular weight is 528 g/mol. The van der Waals surface area contributed by atoms with Crippen molar-refractivity contribution in [1.82, 2.24) is 5.32 Å². The van der Waals surface area contributed by atoms with E-state index >= 15 is 0 Å². The van der Waals surface area contributed by atoms with E-state index in [1.807, 2.05) is 18.2 Å². The summed E-state index contributed by atoms with van der Waals surface area (Å²) in [6, 6.07) is 11.6. The molecule has 2 aromatic rings. The van der Waals surface area contributed by atoms with Gasteiger partial charge in [-0.3, -0.25) is 9.79 Å². The van der Waals surface area contributed by atoms with E-state index in [-0.39, 0.29) is 36.3 Å². The van der Waals surface area contributed by atoms with Crippen molar-refractivity contribution in [3.63, 3.8) is 0 Å². The van der Waals surface area contributed by atoms with Gasteiger partial charge >= 0.3 is 0 Å². The van der Waals surface area contributed by atoms with E-state index in [1.165, 1.54) is 12.1 Å². The Labute approximate surface area is 192 Å². The average Bonchev–Trinajstić information content (AvgIpc) is 2.96. The van der Waals surface area contributed by atoms with Crippen LogP contribution in [0.3, 0.4) is 0 Å². The van der Waals surface area contributed by atoms with Gasteiger partial charge in [-0.1, -0.05) is 12.1 Å². The Hall–Kier alpha value is -2.56. The minimum Gasteiger partial charge on any atom is -0.490 e. The predicted molar refractivity (Wildman–Crippen MR) is 125 cm³/mol. The maximum atomic E-state index is 13.1. The Morgan fingerprint density at radius 1 is 1.17 bits per heavy atom. The Bertz CT molecular complexity index is 877. The number of anilines is 1. The maximum absolute atomic E-state index is 13.1. The van der Waals surface area contributed by atoms with Crippen molar-refractivity contribution < 1.29 is 18.7 Å². The van der Waals surface area contributed by atoms with Crippen molar-refractivity contribution in [2.24, 2.45) is 16.6 Å². The maximum Gasteiger partial charge on any atom is 0.222 e. The Kier molecular flexibility index (Phi) is 9.15. The summed E-state index contributed by atoms with van der Waals surface area (Å²) in [4.78, 5) is 16.0. The highest BCUT2D eigenvalue weighted by molar-refractivity contribution is 14.0. The molecule has 0 aliphatic carbocycles. The van der Waals surface area contributed by atoms with Crippen LogP contribution in [0.2, 0.25) is 0 Å². The largest absolute Gasteiger partial charge is 0.490 e. The number of primary amides is 1. The fourth-order valence-corrected chi connectivity index (χ4v) is 2.96. The molecule has 7 nitrogen and oxygen atoms in total. The molecule has 0 radical (unpaired) electrons. The van der Waals surface area contributed by atoms with Crippen LogP contribution in [0.5, 0.6) is 11.5 Å². The third-order valence-corrected chi connectivity index (χ3v) is 4.55. The molecule has 2 aromatic carbocycles. The second kappa shape index (κ2) is 11.6. The van der Waals surface area contributed by atoms with Gasteiger partial charge in [0, 0.05) is 31.8 Å². The topological polar surface area (TPSA) is 98.0 Å². The lowest BCUT2D eigenvalue weighted by Crippen LogP contribution is -2.40. The first-order valence-corrected chi connectivity index (χ1v) is 9.46. The molecule has 9 heteroatoms. The predicted octanol–water partition coefficient (Wildman–Crippen LogP) is 2.94. The van der Waals surface area contributed by atoms with E-state index in [9.17, 15) is 9.18 Å². The monoisotopic (exact) mass is 528 g/mol. The summed E-state index contributed by atoms with van der Waals surface area (Å²) in [5, 5.41) is 6.28. The van der Waals surface area contributed by atoms with Gasteiger partial charge in [-0.2, -0.15) is 0 Å². The van der Waals surface area contributed by atoms with Crippen molar-refractivity contribution in [3.05, 3.63) is 53.8 Å². The molecule has 4 N–H and O–H groups in total. The molecule has 1 amide bonds. The van der Waals surface area contributed by atoms with Gasteiger partial charge in [-0.25, -0.2) is 4.39 Å². The van der Waals surface area contributed by atoms with E-state index in [0.717, 1.165) is 17.7 Å². The molecule has 1 atom stereocenters. The van der Waals surface area contributed by atoms with Crippen molar-refractivity contribution in [2.75, 3.05) is 32.1 Å². The summed E-state index contributed by atoms with van der Waals surface area (Å²) in [6.07, 6.45) is 1.24. The molecule has 3 rings (SSSR count). The SMILES string of the molecule is CN=C(NCC(Cc1ccc(F)cc1)C(N)=O)Nc1ccc2c(c1)OCCCO2.I. The zero-order valence-electron chi connectivity index (χ0n) is 16.7. The fourth-order valence-electron chi connectivity index (χ4n) is 2.96. The number of rotatable bonds is 6. The van der Waals surface area contributed by atoms with Crippen molar-refractivity contribution in [3.8, 4) is 11.5 Å². The van der Waals surface area contributed by atoms with Gasteiger partial charge in [0.05, 0.1) is 19.1 Å². The molecule has 162 valence electrons. The minimum atomic E-state index is -0.470. The molecule has 1 heterocycles. The Morgan fingerprint density at radius 3 is 2.53 bits per heavy atom. The number of hydrogen-bond donors (Lipinski definition) is 3. The number of nitrogens with zero attached hydrogens (tertiary/aromatic N) is 1. The Balaban J connectivity index is 0.00000320. The van der Waals surface area contributed by atoms with E-state index in [2.05, 4.69) is 15.6 Å². The molecule has 0 saturated heterocycles. The summed E-state index contributed by atoms with van der Waals surface area (Å²) >= 11 is 0. The lowest BCUT2D eigenvalue weighted by molar-refractivity contribution is -0.121. The number of guanidine groups is 1. The summed E-state index contributed by atoms with van der Waals surface area (Å²) in [5.41, 5.74) is 7.15. The number of fused-ring (bicyclic) bond motifs is 1. The molecule has 0 spiro atoms. The summed E-state index contributed by atoms with van der Waals surface area (Å²) in [5.74, 6) is 0.654. The summed E-state index contributed by atoms with van der Waals surface area (Å²) < 4.78 is 24.4. The van der Waals surface area contributed by atoms with E-state index in [4.69, 9.17) is 15.2 Å². The standard InChI is InChI=1S/C21H25FN4O3.HI/c1-24-21(26-17-7-8-18-19(12-17)29-10-2-9-28-18)25-13-15(20(23)27)11-14-3-5-16(22)6-4-14;/h3-8,12,15H,2,9-11,13H2,1H3,(H2,23,27)(H2,24,25,26);1H. The zero-order chi connectivity index (χ0) is 20.6. The van der Waals surface area contributed by atoms with E-state index in [0.29, 0.717) is 37.1 Å². The highest BCUT2D eigenvalue weighted by atomic mass is 127. The van der Waals surface area contributed by atoms with Crippen LogP contribution in [0.1, 0.15) is 12.0 Å². The second-order valence-electron chi connectivity index (χ2n) is 6.72. The molecule has 0 aromatic heterocycles. The first-order valence-electron chi connectivity index (χ1n) is 9.46. The van der Waals surface area contributed by atoms with Crippen LogP contribution >= 0.6 is 24.0 Å². The second-order valence-corrected chi connectivity index (χ2v) is 6.72. The van der Waals surface area contributed by atoms with Crippen LogP contribution in [0.25, 0.3) is 0 Å². The van der Waals surface area contributed by atoms with Crippen molar-refractivity contribution in [2.45, 2.75) is 12.8 Å². The van der Waals surface area contributed by atoms with E-state index in [1.54, 1.807) is 19.2 Å². The molecule has 0 saturated carbocycles. The fraction of sp³-hybridized carbons (Fsp3) is 0.333. The molecular formula is C21H26FIN4O3. The molecule has 0 fully saturated rings. The van der Waals surface area contributed by atoms with Crippen LogP contribution in [0.15, 0.2) is 47.5 Å². The first kappa shape index (κ1) is 23.7. The number of hydrogen-bond acceptors (Lipinski definition) is 4. The number of benzene rings is 2. The molecule has 1 aliphatic heterocycles. The van der Waals surface area contributed by atoms with Gasteiger partial charge in [-0.15, -0.1) is 24.0 Å². The number of halogens is 2. The smallest absolute Gasteiger partial charge is 0.222 e. The molecule has 1 unspecified atom stereocenters. The normalized spacial score (nSPS) is 14.1. The van der Waals surface area contributed by atoms with Crippen molar-refractivity contribution >= 4 is 41.5 Å². The highest BCUT2D eigenvalue weighted by Crippen LogP contribution is 2.32. The van der Waals surface area contributed by atoms with Crippen LogP contribution in [0, 0.1) is 11.7 Å².